The van der Waals surface area contributed by atoms with E-state index in [0.29, 0.717) is 25.4 Å². The number of aliphatic imine (C=N–C) groups is 2. The molecule has 130 valence electrons. The van der Waals surface area contributed by atoms with Gasteiger partial charge in [-0.3, -0.25) is 4.84 Å². The van der Waals surface area contributed by atoms with Crippen LogP contribution >= 0.6 is 0 Å². The minimum atomic E-state index is -0.520. The predicted octanol–water partition coefficient (Wildman–Crippen LogP) is 1.74. The van der Waals surface area contributed by atoms with Crippen molar-refractivity contribution in [2.45, 2.75) is 37.8 Å². The molecule has 0 unspecified atom stereocenters. The van der Waals surface area contributed by atoms with Gasteiger partial charge >= 0.3 is 0 Å². The van der Waals surface area contributed by atoms with Crippen LogP contribution in [0.1, 0.15) is 32.1 Å². The van der Waals surface area contributed by atoms with E-state index in [2.05, 4.69) is 9.98 Å². The fourth-order valence-corrected chi connectivity index (χ4v) is 3.04. The summed E-state index contributed by atoms with van der Waals surface area (Å²) in [6.07, 6.45) is 4.44. The minimum Gasteiger partial charge on any atom is -0.494 e. The molecule has 0 bridgehead atoms. The van der Waals surface area contributed by atoms with Crippen molar-refractivity contribution >= 4 is 11.9 Å². The van der Waals surface area contributed by atoms with Crippen molar-refractivity contribution in [1.29, 1.82) is 0 Å². The van der Waals surface area contributed by atoms with Gasteiger partial charge in [-0.05, 0) is 49.9 Å². The lowest BCUT2D eigenvalue weighted by Gasteiger charge is -2.39. The maximum Gasteiger partial charge on any atom is 0.226 e. The van der Waals surface area contributed by atoms with Crippen LogP contribution in [-0.4, -0.2) is 35.9 Å². The Morgan fingerprint density at radius 2 is 1.83 bits per heavy atom. The van der Waals surface area contributed by atoms with Crippen molar-refractivity contribution in [3.63, 3.8) is 0 Å². The molecule has 0 radical (unpaired) electrons. The first kappa shape index (κ1) is 16.5. The maximum atomic E-state index is 12.8. The smallest absolute Gasteiger partial charge is 0.226 e. The number of nitrogens with zero attached hydrogens (tertiary/aromatic N) is 3. The van der Waals surface area contributed by atoms with Gasteiger partial charge in [0.2, 0.25) is 11.9 Å². The molecule has 1 aromatic carbocycles. The number of rotatable bonds is 6. The highest BCUT2D eigenvalue weighted by Gasteiger charge is 2.44. The average molecular weight is 335 g/mol. The monoisotopic (exact) mass is 335 g/mol. The van der Waals surface area contributed by atoms with E-state index in [1.54, 1.807) is 17.2 Å². The highest BCUT2D eigenvalue weighted by atomic mass is 19.1. The number of ether oxygens (including phenoxy) is 1. The van der Waals surface area contributed by atoms with Crippen LogP contribution in [0, 0.1) is 5.82 Å². The van der Waals surface area contributed by atoms with Crippen molar-refractivity contribution in [2.24, 2.45) is 21.5 Å². The summed E-state index contributed by atoms with van der Waals surface area (Å²) in [5, 5.41) is 1.59. The zero-order valence-electron chi connectivity index (χ0n) is 13.4. The summed E-state index contributed by atoms with van der Waals surface area (Å²) < 4.78 is 18.4. The fraction of sp³-hybridized carbons (Fsp3) is 0.500. The van der Waals surface area contributed by atoms with Crippen LogP contribution in [0.25, 0.3) is 0 Å². The molecule has 0 aromatic heterocycles. The quantitative estimate of drug-likeness (QED) is 0.772. The van der Waals surface area contributed by atoms with Crippen LogP contribution in [-0.2, 0) is 4.84 Å². The van der Waals surface area contributed by atoms with Gasteiger partial charge in [-0.2, -0.15) is 10.1 Å². The molecule has 1 aromatic rings. The molecular formula is C16H22FN5O2. The number of hydroxylamine groups is 2. The second-order valence-corrected chi connectivity index (χ2v) is 5.91. The van der Waals surface area contributed by atoms with E-state index in [1.165, 1.54) is 12.1 Å². The van der Waals surface area contributed by atoms with Crippen molar-refractivity contribution < 1.29 is 14.0 Å². The molecule has 1 heterocycles. The summed E-state index contributed by atoms with van der Waals surface area (Å²) >= 11 is 0. The number of benzene rings is 1. The largest absolute Gasteiger partial charge is 0.494 e. The van der Waals surface area contributed by atoms with Crippen molar-refractivity contribution in [3.05, 3.63) is 30.1 Å². The van der Waals surface area contributed by atoms with Crippen molar-refractivity contribution in [3.8, 4) is 5.75 Å². The molecule has 24 heavy (non-hydrogen) atoms. The topological polar surface area (TPSA) is 98.5 Å². The summed E-state index contributed by atoms with van der Waals surface area (Å²) in [5.41, 5.74) is 11.2. The van der Waals surface area contributed by atoms with Crippen LogP contribution < -0.4 is 16.2 Å². The lowest BCUT2D eigenvalue weighted by Crippen LogP contribution is -2.55. The van der Waals surface area contributed by atoms with Gasteiger partial charge < -0.3 is 16.2 Å². The number of hydrogen-bond acceptors (Lipinski definition) is 7. The summed E-state index contributed by atoms with van der Waals surface area (Å²) in [6, 6.07) is 5.92. The lowest BCUT2D eigenvalue weighted by molar-refractivity contribution is -0.167. The summed E-state index contributed by atoms with van der Waals surface area (Å²) in [7, 11) is 0. The molecule has 0 atom stereocenters. The molecule has 0 amide bonds. The van der Waals surface area contributed by atoms with Crippen LogP contribution in [0.2, 0.25) is 0 Å². The Labute approximate surface area is 140 Å². The van der Waals surface area contributed by atoms with Gasteiger partial charge in [-0.15, -0.1) is 0 Å². The fourth-order valence-electron chi connectivity index (χ4n) is 3.04. The normalized spacial score (nSPS) is 19.3. The zero-order chi connectivity index (χ0) is 17.0. The minimum absolute atomic E-state index is 0.203. The Hall–Kier alpha value is -2.35. The van der Waals surface area contributed by atoms with Gasteiger partial charge in [0.1, 0.15) is 11.6 Å². The van der Waals surface area contributed by atoms with Gasteiger partial charge in [-0.1, -0.05) is 0 Å². The molecule has 0 saturated heterocycles. The maximum absolute atomic E-state index is 12.8. The van der Waals surface area contributed by atoms with E-state index >= 15 is 0 Å². The summed E-state index contributed by atoms with van der Waals surface area (Å²) in [5.74, 6) is 0.782. The molecule has 4 N–H and O–H groups in total. The van der Waals surface area contributed by atoms with Gasteiger partial charge in [0.25, 0.3) is 0 Å². The zero-order valence-corrected chi connectivity index (χ0v) is 13.4. The van der Waals surface area contributed by atoms with E-state index in [-0.39, 0.29) is 17.7 Å². The Morgan fingerprint density at radius 1 is 1.12 bits per heavy atom. The van der Waals surface area contributed by atoms with Crippen molar-refractivity contribution in [2.75, 3.05) is 13.2 Å². The Balaban J connectivity index is 1.48. The molecule has 1 aliphatic carbocycles. The molecule has 1 aliphatic heterocycles. The Morgan fingerprint density at radius 3 is 2.54 bits per heavy atom. The predicted molar refractivity (Wildman–Crippen MR) is 88.7 cm³/mol. The van der Waals surface area contributed by atoms with E-state index < -0.39 is 5.66 Å². The second kappa shape index (κ2) is 7.04. The molecule has 3 rings (SSSR count). The van der Waals surface area contributed by atoms with Crippen LogP contribution in [0.4, 0.5) is 4.39 Å². The molecule has 7 nitrogen and oxygen atoms in total. The number of halogens is 1. The highest BCUT2D eigenvalue weighted by molar-refractivity contribution is 5.95. The number of hydrogen-bond donors (Lipinski definition) is 2. The van der Waals surface area contributed by atoms with E-state index in [1.807, 2.05) is 0 Å². The lowest BCUT2D eigenvalue weighted by atomic mass is 10.1. The van der Waals surface area contributed by atoms with Crippen LogP contribution in [0.3, 0.4) is 0 Å². The molecule has 1 fully saturated rings. The third-order valence-electron chi connectivity index (χ3n) is 4.13. The van der Waals surface area contributed by atoms with E-state index in [9.17, 15) is 4.39 Å². The van der Waals surface area contributed by atoms with Gasteiger partial charge in [0.15, 0.2) is 5.66 Å². The number of nitrogens with two attached hydrogens (primary N) is 2. The van der Waals surface area contributed by atoms with Crippen LogP contribution in [0.5, 0.6) is 5.75 Å². The van der Waals surface area contributed by atoms with Gasteiger partial charge in [0, 0.05) is 6.42 Å². The molecule has 2 aliphatic rings. The first-order valence-corrected chi connectivity index (χ1v) is 8.10. The summed E-state index contributed by atoms with van der Waals surface area (Å²) in [6.45, 7) is 0.865. The SMILES string of the molecule is NC1=NC2(CCCC2)N(OCCCOc2ccc(F)cc2)C(N)=N1. The molecule has 1 saturated carbocycles. The average Bonchev–Trinajstić information content (AvgIpc) is 2.99. The number of guanidine groups is 2. The highest BCUT2D eigenvalue weighted by Crippen LogP contribution is 2.38. The standard InChI is InChI=1S/C16H22FN5O2/c17-12-4-6-13(7-5-12)23-10-3-11-24-22-15(19)20-14(18)21-16(22)8-1-2-9-16/h4-7H,1-3,8-11H2,(H4,18,19,20,21). The third kappa shape index (κ3) is 3.59. The van der Waals surface area contributed by atoms with Gasteiger partial charge in [-0.25, -0.2) is 9.38 Å². The molecule has 8 heteroatoms. The third-order valence-corrected chi connectivity index (χ3v) is 4.13. The van der Waals surface area contributed by atoms with Crippen LogP contribution in [0.15, 0.2) is 34.3 Å². The first-order chi connectivity index (χ1) is 11.6. The molecular weight excluding hydrogens is 313 g/mol. The van der Waals surface area contributed by atoms with Gasteiger partial charge in [0.05, 0.1) is 13.2 Å². The van der Waals surface area contributed by atoms with Crippen molar-refractivity contribution in [1.82, 2.24) is 5.06 Å². The Kier molecular flexibility index (Phi) is 4.84. The Bertz CT molecular complexity index is 626. The summed E-state index contributed by atoms with van der Waals surface area (Å²) in [4.78, 5) is 14.3. The molecule has 1 spiro atoms. The first-order valence-electron chi connectivity index (χ1n) is 8.10. The van der Waals surface area contributed by atoms with E-state index in [0.717, 1.165) is 25.7 Å². The van der Waals surface area contributed by atoms with E-state index in [4.69, 9.17) is 21.0 Å². The second-order valence-electron chi connectivity index (χ2n) is 5.91.